The molecule has 2 aromatic rings. The Morgan fingerprint density at radius 3 is 1.54 bits per heavy atom. The second kappa shape index (κ2) is 9.58. The van der Waals surface area contributed by atoms with Crippen LogP contribution in [0.5, 0.6) is 0 Å². The van der Waals surface area contributed by atoms with Gasteiger partial charge in [0.1, 0.15) is 0 Å². The van der Waals surface area contributed by atoms with Gasteiger partial charge in [-0.1, -0.05) is 12.1 Å². The average molecular weight is 359 g/mol. The summed E-state index contributed by atoms with van der Waals surface area (Å²) < 4.78 is 8.92. The summed E-state index contributed by atoms with van der Waals surface area (Å²) in [7, 11) is 2.52. The first-order valence-corrected chi connectivity index (χ1v) is 7.20. The zero-order chi connectivity index (χ0) is 19.7. The number of nitrogens with two attached hydrogens (primary N) is 1. The van der Waals surface area contributed by atoms with Gasteiger partial charge in [0.2, 0.25) is 5.91 Å². The minimum Gasteiger partial charge on any atom is -0.478 e. The Hall–Kier alpha value is -3.68. The van der Waals surface area contributed by atoms with Gasteiger partial charge in [-0.25, -0.2) is 14.4 Å². The van der Waals surface area contributed by atoms with Crippen molar-refractivity contribution in [3.05, 3.63) is 70.8 Å². The molecule has 3 N–H and O–H groups in total. The second-order valence-electron chi connectivity index (χ2n) is 4.81. The zero-order valence-corrected chi connectivity index (χ0v) is 14.1. The number of esters is 2. The molecule has 1 amide bonds. The van der Waals surface area contributed by atoms with Crippen LogP contribution in [0.4, 0.5) is 0 Å². The van der Waals surface area contributed by atoms with Crippen LogP contribution in [0.25, 0.3) is 0 Å². The number of rotatable bonds is 4. The first-order chi connectivity index (χ1) is 12.3. The molecule has 2 rings (SSSR count). The number of hydrogen-bond donors (Lipinski definition) is 2. The van der Waals surface area contributed by atoms with Crippen LogP contribution < -0.4 is 5.73 Å². The number of amides is 1. The van der Waals surface area contributed by atoms with Crippen molar-refractivity contribution in [2.24, 2.45) is 5.73 Å². The maximum absolute atomic E-state index is 11.0. The van der Waals surface area contributed by atoms with Gasteiger partial charge in [0.15, 0.2) is 0 Å². The van der Waals surface area contributed by atoms with Gasteiger partial charge < -0.3 is 20.3 Å². The summed E-state index contributed by atoms with van der Waals surface area (Å²) in [4.78, 5) is 43.2. The maximum Gasteiger partial charge on any atom is 0.337 e. The van der Waals surface area contributed by atoms with E-state index >= 15 is 0 Å². The molecule has 0 saturated heterocycles. The molecule has 0 aromatic heterocycles. The number of primary amides is 1. The van der Waals surface area contributed by atoms with Crippen LogP contribution in [0.15, 0.2) is 48.5 Å². The van der Waals surface area contributed by atoms with E-state index in [0.717, 1.165) is 0 Å². The summed E-state index contributed by atoms with van der Waals surface area (Å²) in [5, 5.41) is 8.61. The van der Waals surface area contributed by atoms with Crippen LogP contribution in [-0.2, 0) is 9.47 Å². The van der Waals surface area contributed by atoms with E-state index in [0.29, 0.717) is 11.1 Å². The van der Waals surface area contributed by atoms with E-state index in [2.05, 4.69) is 9.47 Å². The lowest BCUT2D eigenvalue weighted by Gasteiger charge is -1.99. The van der Waals surface area contributed by atoms with Crippen molar-refractivity contribution < 1.29 is 33.8 Å². The lowest BCUT2D eigenvalue weighted by molar-refractivity contribution is 0.0591. The van der Waals surface area contributed by atoms with Crippen molar-refractivity contribution in [2.45, 2.75) is 0 Å². The molecule has 0 aliphatic heterocycles. The molecule has 0 unspecified atom stereocenters. The number of benzene rings is 2. The molecule has 8 heteroatoms. The molecule has 0 bridgehead atoms. The second-order valence-corrected chi connectivity index (χ2v) is 4.81. The van der Waals surface area contributed by atoms with Crippen molar-refractivity contribution in [1.29, 1.82) is 0 Å². The molecule has 0 fully saturated rings. The third-order valence-corrected chi connectivity index (χ3v) is 3.10. The minimum atomic E-state index is -1.06. The standard InChI is InChI=1S/C9H9NO3.C9H8O4/c2*1-13-9(12)7-4-2-3-6(5-7)8(10)11/h2-5H,1H3,(H2,10,11);2-5H,1H3,(H,10,11). The normalized spacial score (nSPS) is 9.31. The summed E-state index contributed by atoms with van der Waals surface area (Å²) in [6, 6.07) is 11.7. The highest BCUT2D eigenvalue weighted by molar-refractivity contribution is 5.97. The molecule has 0 radical (unpaired) electrons. The number of carbonyl (C=O) groups excluding carboxylic acids is 3. The molecule has 0 spiro atoms. The number of carboxylic acid groups (broad SMARTS) is 1. The van der Waals surface area contributed by atoms with Crippen molar-refractivity contribution in [3.63, 3.8) is 0 Å². The summed E-state index contributed by atoms with van der Waals surface area (Å²) in [6.07, 6.45) is 0. The van der Waals surface area contributed by atoms with Gasteiger partial charge >= 0.3 is 17.9 Å². The summed E-state index contributed by atoms with van der Waals surface area (Å²) in [5.74, 6) is -2.65. The fraction of sp³-hybridized carbons (Fsp3) is 0.111. The SMILES string of the molecule is COC(=O)c1cccc(C(=O)O)c1.COC(=O)c1cccc(C(N)=O)c1. The lowest BCUT2D eigenvalue weighted by Crippen LogP contribution is -2.12. The van der Waals surface area contributed by atoms with E-state index in [-0.39, 0.29) is 11.1 Å². The summed E-state index contributed by atoms with van der Waals surface area (Å²) in [6.45, 7) is 0. The highest BCUT2D eigenvalue weighted by Crippen LogP contribution is 2.06. The molecule has 2 aromatic carbocycles. The van der Waals surface area contributed by atoms with E-state index in [1.54, 1.807) is 12.1 Å². The van der Waals surface area contributed by atoms with Gasteiger partial charge in [-0.3, -0.25) is 4.79 Å². The van der Waals surface area contributed by atoms with Crippen molar-refractivity contribution in [2.75, 3.05) is 14.2 Å². The van der Waals surface area contributed by atoms with Gasteiger partial charge in [-0.15, -0.1) is 0 Å². The van der Waals surface area contributed by atoms with Crippen LogP contribution in [0, 0.1) is 0 Å². The minimum absolute atomic E-state index is 0.0721. The summed E-state index contributed by atoms with van der Waals surface area (Å²) in [5.41, 5.74) is 5.96. The third kappa shape index (κ3) is 5.75. The van der Waals surface area contributed by atoms with Gasteiger partial charge in [0.05, 0.1) is 30.9 Å². The highest BCUT2D eigenvalue weighted by Gasteiger charge is 2.09. The van der Waals surface area contributed by atoms with Gasteiger partial charge in [-0.05, 0) is 36.4 Å². The predicted molar refractivity (Wildman–Crippen MR) is 91.0 cm³/mol. The Morgan fingerprint density at radius 2 is 1.15 bits per heavy atom. The Balaban J connectivity index is 0.000000260. The predicted octanol–water partition coefficient (Wildman–Crippen LogP) is 1.74. The maximum atomic E-state index is 11.0. The first-order valence-electron chi connectivity index (χ1n) is 7.20. The third-order valence-electron chi connectivity index (χ3n) is 3.10. The van der Waals surface area contributed by atoms with Gasteiger partial charge in [0.25, 0.3) is 0 Å². The molecule has 0 heterocycles. The molecule has 0 aliphatic rings. The smallest absolute Gasteiger partial charge is 0.337 e. The molecule has 0 saturated carbocycles. The largest absolute Gasteiger partial charge is 0.478 e. The molecule has 26 heavy (non-hydrogen) atoms. The number of ether oxygens (including phenoxy) is 2. The van der Waals surface area contributed by atoms with E-state index in [4.69, 9.17) is 10.8 Å². The van der Waals surface area contributed by atoms with Crippen LogP contribution in [0.1, 0.15) is 41.4 Å². The quantitative estimate of drug-likeness (QED) is 0.794. The number of hydrogen-bond acceptors (Lipinski definition) is 6. The molecule has 8 nitrogen and oxygen atoms in total. The first kappa shape index (κ1) is 20.4. The van der Waals surface area contributed by atoms with Crippen molar-refractivity contribution >= 4 is 23.8 Å². The number of aromatic carboxylic acids is 1. The molecule has 136 valence electrons. The monoisotopic (exact) mass is 359 g/mol. The van der Waals surface area contributed by atoms with Gasteiger partial charge in [0, 0.05) is 5.56 Å². The molecular formula is C18H17NO7. The van der Waals surface area contributed by atoms with E-state index in [9.17, 15) is 19.2 Å². The van der Waals surface area contributed by atoms with Crippen LogP contribution in [0.3, 0.4) is 0 Å². The highest BCUT2D eigenvalue weighted by atomic mass is 16.5. The Bertz CT molecular complexity index is 760. The van der Waals surface area contributed by atoms with E-state index < -0.39 is 23.8 Å². The van der Waals surface area contributed by atoms with Gasteiger partial charge in [-0.2, -0.15) is 0 Å². The molecule has 0 aliphatic carbocycles. The molecule has 0 atom stereocenters. The van der Waals surface area contributed by atoms with Crippen molar-refractivity contribution in [3.8, 4) is 0 Å². The fourth-order valence-electron chi connectivity index (χ4n) is 1.81. The topological polar surface area (TPSA) is 133 Å². The Labute approximate surface area is 149 Å². The number of methoxy groups -OCH3 is 2. The number of carbonyl (C=O) groups is 4. The molecular weight excluding hydrogens is 342 g/mol. The average Bonchev–Trinajstić information content (AvgIpc) is 2.67. The Kier molecular flexibility index (Phi) is 7.50. The Morgan fingerprint density at radius 1 is 0.769 bits per heavy atom. The van der Waals surface area contributed by atoms with Crippen LogP contribution >= 0.6 is 0 Å². The van der Waals surface area contributed by atoms with E-state index in [1.807, 2.05) is 0 Å². The summed E-state index contributed by atoms with van der Waals surface area (Å²) >= 11 is 0. The van der Waals surface area contributed by atoms with Crippen LogP contribution in [0.2, 0.25) is 0 Å². The lowest BCUT2D eigenvalue weighted by atomic mass is 10.1. The number of carboxylic acids is 1. The zero-order valence-electron chi connectivity index (χ0n) is 14.1. The van der Waals surface area contributed by atoms with Crippen molar-refractivity contribution in [1.82, 2.24) is 0 Å². The van der Waals surface area contributed by atoms with Crippen LogP contribution in [-0.4, -0.2) is 43.1 Å². The van der Waals surface area contributed by atoms with E-state index in [1.165, 1.54) is 50.6 Å². The fourth-order valence-corrected chi connectivity index (χ4v) is 1.81.